The number of halogens is 6. The number of rotatable bonds is 1. The zero-order valence-electron chi connectivity index (χ0n) is 9.83. The largest absolute Gasteiger partial charge is 0.493 e. The van der Waals surface area contributed by atoms with Gasteiger partial charge in [0.05, 0.1) is 5.56 Å². The van der Waals surface area contributed by atoms with Crippen molar-refractivity contribution in [3.63, 3.8) is 0 Å². The van der Waals surface area contributed by atoms with Crippen molar-refractivity contribution >= 4 is 11.9 Å². The van der Waals surface area contributed by atoms with Gasteiger partial charge in [-0.25, -0.2) is 10.6 Å². The first-order valence-corrected chi connectivity index (χ1v) is 4.98. The number of nitrogens with two attached hydrogens (primary N) is 1. The van der Waals surface area contributed by atoms with Crippen molar-refractivity contribution in [1.29, 1.82) is 0 Å². The molecule has 21 heavy (non-hydrogen) atoms. The van der Waals surface area contributed by atoms with E-state index in [1.807, 2.05) is 0 Å². The van der Waals surface area contributed by atoms with Gasteiger partial charge in [-0.1, -0.05) is 11.2 Å². The molecule has 0 unspecified atom stereocenters. The van der Waals surface area contributed by atoms with E-state index in [1.165, 1.54) is 0 Å². The van der Waals surface area contributed by atoms with Crippen LogP contribution < -0.4 is 5.84 Å². The molecular weight excluding hydrogens is 310 g/mol. The molecule has 0 bridgehead atoms. The highest BCUT2D eigenvalue weighted by molar-refractivity contribution is 5.94. The number of benzene rings is 1. The predicted molar refractivity (Wildman–Crippen MR) is 53.9 cm³/mol. The molecule has 0 fully saturated rings. The van der Waals surface area contributed by atoms with E-state index >= 15 is 0 Å². The number of amides is 1. The van der Waals surface area contributed by atoms with E-state index in [-0.39, 0.29) is 0 Å². The van der Waals surface area contributed by atoms with Crippen molar-refractivity contribution < 1.29 is 40.8 Å². The fraction of sp³-hybridized carbons (Fsp3) is 0.200. The van der Waals surface area contributed by atoms with Gasteiger partial charge in [0.2, 0.25) is 0 Å². The van der Waals surface area contributed by atoms with Gasteiger partial charge in [-0.15, -0.1) is 0 Å². The molecular formula is C10H6F6N2O3. The highest BCUT2D eigenvalue weighted by Gasteiger charge is 2.43. The predicted octanol–water partition coefficient (Wildman–Crippen LogP) is 2.04. The maximum atomic E-state index is 12.4. The van der Waals surface area contributed by atoms with Crippen molar-refractivity contribution in [2.45, 2.75) is 12.4 Å². The second-order valence-electron chi connectivity index (χ2n) is 3.59. The monoisotopic (exact) mass is 316 g/mol. The molecule has 11 heteroatoms. The van der Waals surface area contributed by atoms with E-state index in [9.17, 15) is 35.9 Å². The summed E-state index contributed by atoms with van der Waals surface area (Å²) in [6, 6.07) is 2.69. The summed E-state index contributed by atoms with van der Waals surface area (Å²) in [4.78, 5) is 25.4. The fourth-order valence-electron chi connectivity index (χ4n) is 1.14. The van der Waals surface area contributed by atoms with E-state index in [0.717, 1.165) is 12.1 Å². The molecule has 0 saturated carbocycles. The smallest absolute Gasteiger partial charge is 0.313 e. The Hall–Kier alpha value is -2.30. The number of hydrogen-bond donors (Lipinski definition) is 1. The van der Waals surface area contributed by atoms with Crippen LogP contribution in [0, 0.1) is 0 Å². The first-order valence-electron chi connectivity index (χ1n) is 4.98. The molecule has 0 radical (unpaired) electrons. The first-order chi connectivity index (χ1) is 9.43. The summed E-state index contributed by atoms with van der Waals surface area (Å²) in [5.74, 6) is 0.422. The van der Waals surface area contributed by atoms with Crippen LogP contribution in [0.4, 0.5) is 26.3 Å². The number of hydrogen-bond acceptors (Lipinski definition) is 4. The van der Waals surface area contributed by atoms with Crippen LogP contribution in [0.15, 0.2) is 24.3 Å². The zero-order valence-corrected chi connectivity index (χ0v) is 9.83. The quantitative estimate of drug-likeness (QED) is 0.372. The van der Waals surface area contributed by atoms with E-state index in [0.29, 0.717) is 12.1 Å². The minimum Gasteiger partial charge on any atom is -0.313 e. The lowest BCUT2D eigenvalue weighted by Gasteiger charge is -2.16. The van der Waals surface area contributed by atoms with Gasteiger partial charge in [0, 0.05) is 5.56 Å². The topological polar surface area (TPSA) is 72.6 Å². The molecule has 0 aliphatic heterocycles. The first kappa shape index (κ1) is 16.8. The van der Waals surface area contributed by atoms with Crippen molar-refractivity contribution in [3.05, 3.63) is 35.4 Å². The molecule has 1 aromatic rings. The molecule has 5 nitrogen and oxygen atoms in total. The van der Waals surface area contributed by atoms with Gasteiger partial charge < -0.3 is 4.84 Å². The van der Waals surface area contributed by atoms with Crippen LogP contribution in [0.3, 0.4) is 0 Å². The van der Waals surface area contributed by atoms with Gasteiger partial charge in [-0.3, -0.25) is 4.79 Å². The Morgan fingerprint density at radius 2 is 1.67 bits per heavy atom. The molecule has 1 aromatic carbocycles. The Morgan fingerprint density at radius 3 is 2.14 bits per heavy atom. The summed E-state index contributed by atoms with van der Waals surface area (Å²) in [5.41, 5.74) is -1.92. The molecule has 0 atom stereocenters. The standard InChI is InChI=1S/C10H6F6N2O3/c11-9(12,13)6-3-1-2-5(4-6)7(19)18(17)21-8(20)10(14,15)16/h1-4H,17H2. The van der Waals surface area contributed by atoms with E-state index in [2.05, 4.69) is 4.84 Å². The minimum absolute atomic E-state index is 0.351. The van der Waals surface area contributed by atoms with Crippen LogP contribution in [-0.4, -0.2) is 23.2 Å². The Kier molecular flexibility index (Phi) is 4.46. The number of alkyl halides is 6. The average molecular weight is 316 g/mol. The average Bonchev–Trinajstić information content (AvgIpc) is 2.35. The van der Waals surface area contributed by atoms with Crippen LogP contribution in [0.1, 0.15) is 15.9 Å². The Morgan fingerprint density at radius 1 is 1.10 bits per heavy atom. The molecule has 0 aliphatic carbocycles. The highest BCUT2D eigenvalue weighted by atomic mass is 19.4. The van der Waals surface area contributed by atoms with Gasteiger partial charge in [0.25, 0.3) is 0 Å². The van der Waals surface area contributed by atoms with E-state index < -0.39 is 40.5 Å². The third kappa shape index (κ3) is 4.34. The number of hydroxylamine groups is 1. The van der Waals surface area contributed by atoms with Gasteiger partial charge in [0.1, 0.15) is 0 Å². The van der Waals surface area contributed by atoms with E-state index in [4.69, 9.17) is 5.84 Å². The summed E-state index contributed by atoms with van der Waals surface area (Å²) in [6.07, 6.45) is -10.2. The van der Waals surface area contributed by atoms with Crippen molar-refractivity contribution in [1.82, 2.24) is 5.17 Å². The van der Waals surface area contributed by atoms with Crippen molar-refractivity contribution in [2.24, 2.45) is 5.84 Å². The SMILES string of the molecule is NN(OC(=O)C(F)(F)F)C(=O)c1cccc(C(F)(F)F)c1. The third-order valence-electron chi connectivity index (χ3n) is 2.05. The normalized spacial score (nSPS) is 12.0. The molecule has 1 amide bonds. The fourth-order valence-corrected chi connectivity index (χ4v) is 1.14. The lowest BCUT2D eigenvalue weighted by molar-refractivity contribution is -0.229. The number of nitrogens with zero attached hydrogens (tertiary/aromatic N) is 1. The lowest BCUT2D eigenvalue weighted by atomic mass is 10.1. The highest BCUT2D eigenvalue weighted by Crippen LogP contribution is 2.29. The summed E-state index contributed by atoms with van der Waals surface area (Å²) >= 11 is 0. The minimum atomic E-state index is -5.41. The van der Waals surface area contributed by atoms with Crippen LogP contribution in [-0.2, 0) is 15.8 Å². The molecule has 0 aromatic heterocycles. The lowest BCUT2D eigenvalue weighted by Crippen LogP contribution is -2.43. The van der Waals surface area contributed by atoms with Crippen LogP contribution in [0.5, 0.6) is 0 Å². The third-order valence-corrected chi connectivity index (χ3v) is 2.05. The molecule has 0 spiro atoms. The van der Waals surface area contributed by atoms with Crippen LogP contribution in [0.25, 0.3) is 0 Å². The van der Waals surface area contributed by atoms with Gasteiger partial charge in [-0.2, -0.15) is 26.3 Å². The molecule has 1 rings (SSSR count). The second-order valence-corrected chi connectivity index (χ2v) is 3.59. The van der Waals surface area contributed by atoms with E-state index in [1.54, 1.807) is 0 Å². The molecule has 0 aliphatic rings. The molecule has 2 N–H and O–H groups in total. The second kappa shape index (κ2) is 5.60. The number of carbonyl (C=O) groups excluding carboxylic acids is 2. The molecule has 116 valence electrons. The molecule has 0 saturated heterocycles. The number of carbonyl (C=O) groups is 2. The van der Waals surface area contributed by atoms with Gasteiger partial charge in [0.15, 0.2) is 0 Å². The summed E-state index contributed by atoms with van der Waals surface area (Å²) in [5, 5.41) is -0.592. The van der Waals surface area contributed by atoms with Crippen molar-refractivity contribution in [2.75, 3.05) is 0 Å². The summed E-state index contributed by atoms with van der Waals surface area (Å²) in [6.45, 7) is 0. The number of hydrazine groups is 1. The zero-order chi connectivity index (χ0) is 16.4. The maximum Gasteiger partial charge on any atom is 0.493 e. The van der Waals surface area contributed by atoms with Crippen molar-refractivity contribution in [3.8, 4) is 0 Å². The van der Waals surface area contributed by atoms with Crippen LogP contribution in [0.2, 0.25) is 0 Å². The van der Waals surface area contributed by atoms with Gasteiger partial charge in [-0.05, 0) is 18.2 Å². The Balaban J connectivity index is 2.91. The van der Waals surface area contributed by atoms with Crippen LogP contribution >= 0.6 is 0 Å². The Bertz CT molecular complexity index is 554. The van der Waals surface area contributed by atoms with Gasteiger partial charge >= 0.3 is 24.2 Å². The Labute approximate surface area is 112 Å². The summed E-state index contributed by atoms with van der Waals surface area (Å²) in [7, 11) is 0. The molecule has 0 heterocycles. The maximum absolute atomic E-state index is 12.4. The summed E-state index contributed by atoms with van der Waals surface area (Å²) < 4.78 is 72.9.